The molecule has 0 amide bonds. The lowest BCUT2D eigenvalue weighted by Crippen LogP contribution is -2.22. The standard InChI is InChI=1S/C11H13F3O3S/c12-11(13,14)17-9-4-2-1-3-7(9)10(16)8(15)5-6-18/h1-4,8,10,15-16,18H,5-6H2. The second-order valence-corrected chi connectivity index (χ2v) is 4.06. The van der Waals surface area contributed by atoms with Crippen molar-refractivity contribution in [2.45, 2.75) is 25.0 Å². The number of aliphatic hydroxyl groups excluding tert-OH is 2. The van der Waals surface area contributed by atoms with Gasteiger partial charge in [-0.2, -0.15) is 12.6 Å². The van der Waals surface area contributed by atoms with Crippen molar-refractivity contribution in [1.82, 2.24) is 0 Å². The van der Waals surface area contributed by atoms with Gasteiger partial charge in [0.25, 0.3) is 0 Å². The molecule has 1 aromatic rings. The number of alkyl halides is 3. The summed E-state index contributed by atoms with van der Waals surface area (Å²) in [7, 11) is 0. The molecule has 0 aliphatic rings. The molecule has 0 radical (unpaired) electrons. The minimum absolute atomic E-state index is 0.107. The maximum absolute atomic E-state index is 12.2. The second kappa shape index (κ2) is 6.31. The zero-order valence-corrected chi connectivity index (χ0v) is 10.2. The fraction of sp³-hybridized carbons (Fsp3) is 0.455. The van der Waals surface area contributed by atoms with Crippen LogP contribution in [-0.2, 0) is 0 Å². The molecule has 1 rings (SSSR count). The average Bonchev–Trinajstić information content (AvgIpc) is 2.27. The first-order valence-electron chi connectivity index (χ1n) is 5.17. The summed E-state index contributed by atoms with van der Waals surface area (Å²) in [6.07, 6.45) is -7.33. The number of para-hydroxylation sites is 1. The van der Waals surface area contributed by atoms with Gasteiger partial charge in [0, 0.05) is 5.56 Å². The minimum Gasteiger partial charge on any atom is -0.405 e. The Labute approximate surface area is 108 Å². The van der Waals surface area contributed by atoms with Gasteiger partial charge >= 0.3 is 6.36 Å². The van der Waals surface area contributed by atoms with Gasteiger partial charge in [-0.1, -0.05) is 18.2 Å². The second-order valence-electron chi connectivity index (χ2n) is 3.61. The average molecular weight is 282 g/mol. The van der Waals surface area contributed by atoms with Gasteiger partial charge in [0.1, 0.15) is 11.9 Å². The van der Waals surface area contributed by atoms with Crippen molar-refractivity contribution in [3.8, 4) is 5.75 Å². The monoisotopic (exact) mass is 282 g/mol. The summed E-state index contributed by atoms with van der Waals surface area (Å²) in [5.41, 5.74) is -0.107. The molecule has 0 spiro atoms. The molecule has 0 bridgehead atoms. The van der Waals surface area contributed by atoms with Crippen molar-refractivity contribution < 1.29 is 28.1 Å². The summed E-state index contributed by atoms with van der Waals surface area (Å²) in [6.45, 7) is 0. The molecule has 3 nitrogen and oxygen atoms in total. The number of halogens is 3. The molecule has 18 heavy (non-hydrogen) atoms. The highest BCUT2D eigenvalue weighted by molar-refractivity contribution is 7.80. The van der Waals surface area contributed by atoms with E-state index in [4.69, 9.17) is 0 Å². The molecule has 0 heterocycles. The van der Waals surface area contributed by atoms with E-state index in [-0.39, 0.29) is 12.0 Å². The topological polar surface area (TPSA) is 49.7 Å². The maximum atomic E-state index is 12.2. The Kier molecular flexibility index (Phi) is 5.30. The third kappa shape index (κ3) is 4.40. The zero-order valence-electron chi connectivity index (χ0n) is 9.26. The molecule has 2 unspecified atom stereocenters. The normalized spacial score (nSPS) is 15.2. The lowest BCUT2D eigenvalue weighted by molar-refractivity contribution is -0.275. The molecule has 0 saturated carbocycles. The van der Waals surface area contributed by atoms with Crippen molar-refractivity contribution >= 4 is 12.6 Å². The summed E-state index contributed by atoms with van der Waals surface area (Å²) >= 11 is 3.88. The first-order valence-corrected chi connectivity index (χ1v) is 5.80. The lowest BCUT2D eigenvalue weighted by atomic mass is 10.0. The molecule has 2 atom stereocenters. The van der Waals surface area contributed by atoms with Gasteiger partial charge in [-0.15, -0.1) is 13.2 Å². The van der Waals surface area contributed by atoms with E-state index in [1.54, 1.807) is 0 Å². The molecule has 102 valence electrons. The lowest BCUT2D eigenvalue weighted by Gasteiger charge is -2.20. The Morgan fingerprint density at radius 2 is 1.83 bits per heavy atom. The van der Waals surface area contributed by atoms with Gasteiger partial charge in [-0.3, -0.25) is 0 Å². The van der Waals surface area contributed by atoms with Gasteiger partial charge in [0.05, 0.1) is 6.10 Å². The predicted octanol–water partition coefficient (Wildman–Crippen LogP) is 2.30. The van der Waals surface area contributed by atoms with Crippen LogP contribution in [0.4, 0.5) is 13.2 Å². The number of ether oxygens (including phenoxy) is 1. The molecular weight excluding hydrogens is 269 g/mol. The van der Waals surface area contributed by atoms with Gasteiger partial charge in [-0.25, -0.2) is 0 Å². The summed E-state index contributed by atoms with van der Waals surface area (Å²) in [6, 6.07) is 5.16. The Balaban J connectivity index is 2.94. The molecule has 7 heteroatoms. The fourth-order valence-electron chi connectivity index (χ4n) is 1.44. The summed E-state index contributed by atoms with van der Waals surface area (Å²) in [5.74, 6) is -0.212. The number of aliphatic hydroxyl groups is 2. The zero-order chi connectivity index (χ0) is 13.8. The van der Waals surface area contributed by atoms with Crippen molar-refractivity contribution in [3.05, 3.63) is 29.8 Å². The number of benzene rings is 1. The molecule has 0 aromatic heterocycles. The SMILES string of the molecule is OC(CCS)C(O)c1ccccc1OC(F)(F)F. The Morgan fingerprint density at radius 3 is 2.39 bits per heavy atom. The van der Waals surface area contributed by atoms with E-state index in [0.29, 0.717) is 5.75 Å². The van der Waals surface area contributed by atoms with Crippen molar-refractivity contribution in [2.75, 3.05) is 5.75 Å². The molecule has 1 aromatic carbocycles. The van der Waals surface area contributed by atoms with Crippen LogP contribution in [-0.4, -0.2) is 28.4 Å². The van der Waals surface area contributed by atoms with Crippen LogP contribution in [0.1, 0.15) is 18.1 Å². The van der Waals surface area contributed by atoms with Gasteiger partial charge in [0.15, 0.2) is 0 Å². The first-order chi connectivity index (χ1) is 8.35. The number of hydrogen-bond acceptors (Lipinski definition) is 4. The summed E-state index contributed by atoms with van der Waals surface area (Å²) in [5, 5.41) is 19.3. The summed E-state index contributed by atoms with van der Waals surface area (Å²) < 4.78 is 40.3. The van der Waals surface area contributed by atoms with Crippen LogP contribution >= 0.6 is 12.6 Å². The van der Waals surface area contributed by atoms with Crippen LogP contribution in [0.15, 0.2) is 24.3 Å². The summed E-state index contributed by atoms with van der Waals surface area (Å²) in [4.78, 5) is 0. The highest BCUT2D eigenvalue weighted by atomic mass is 32.1. The fourth-order valence-corrected chi connectivity index (χ4v) is 1.70. The van der Waals surface area contributed by atoms with Crippen molar-refractivity contribution in [3.63, 3.8) is 0 Å². The minimum atomic E-state index is -4.84. The molecule has 0 aliphatic carbocycles. The highest BCUT2D eigenvalue weighted by Crippen LogP contribution is 2.32. The van der Waals surface area contributed by atoms with Gasteiger partial charge in [-0.05, 0) is 18.2 Å². The Hall–Kier alpha value is -0.920. The van der Waals surface area contributed by atoms with E-state index in [0.717, 1.165) is 6.07 Å². The predicted molar refractivity (Wildman–Crippen MR) is 62.6 cm³/mol. The molecular formula is C11H13F3O3S. The van der Waals surface area contributed by atoms with Gasteiger partial charge < -0.3 is 14.9 Å². The molecule has 2 N–H and O–H groups in total. The molecule has 0 fully saturated rings. The smallest absolute Gasteiger partial charge is 0.405 e. The molecule has 0 saturated heterocycles. The largest absolute Gasteiger partial charge is 0.573 e. The van der Waals surface area contributed by atoms with Crippen LogP contribution in [0.5, 0.6) is 5.75 Å². The van der Waals surface area contributed by atoms with E-state index in [9.17, 15) is 23.4 Å². The molecule has 0 aliphatic heterocycles. The highest BCUT2D eigenvalue weighted by Gasteiger charge is 2.33. The van der Waals surface area contributed by atoms with Crippen LogP contribution in [0.2, 0.25) is 0 Å². The van der Waals surface area contributed by atoms with E-state index >= 15 is 0 Å². The third-order valence-electron chi connectivity index (χ3n) is 2.25. The quantitative estimate of drug-likeness (QED) is 0.726. The number of rotatable bonds is 5. The van der Waals surface area contributed by atoms with Crippen LogP contribution in [0.3, 0.4) is 0 Å². The van der Waals surface area contributed by atoms with Crippen LogP contribution in [0.25, 0.3) is 0 Å². The van der Waals surface area contributed by atoms with E-state index in [2.05, 4.69) is 17.4 Å². The maximum Gasteiger partial charge on any atom is 0.573 e. The van der Waals surface area contributed by atoms with Crippen molar-refractivity contribution in [1.29, 1.82) is 0 Å². The van der Waals surface area contributed by atoms with E-state index < -0.39 is 24.3 Å². The Bertz CT molecular complexity index is 384. The van der Waals surface area contributed by atoms with Crippen LogP contribution in [0, 0.1) is 0 Å². The van der Waals surface area contributed by atoms with Crippen molar-refractivity contribution in [2.24, 2.45) is 0 Å². The number of thiol groups is 1. The first kappa shape index (κ1) is 15.1. The third-order valence-corrected chi connectivity index (χ3v) is 2.51. The van der Waals surface area contributed by atoms with E-state index in [1.807, 2.05) is 0 Å². The van der Waals surface area contributed by atoms with E-state index in [1.165, 1.54) is 18.2 Å². The number of hydrogen-bond donors (Lipinski definition) is 3. The van der Waals surface area contributed by atoms with Crippen LogP contribution < -0.4 is 4.74 Å². The van der Waals surface area contributed by atoms with Gasteiger partial charge in [0.2, 0.25) is 0 Å². The Morgan fingerprint density at radius 1 is 1.22 bits per heavy atom.